The van der Waals surface area contributed by atoms with Crippen molar-refractivity contribution in [3.05, 3.63) is 48.5 Å². The second-order valence-electron chi connectivity index (χ2n) is 4.95. The van der Waals surface area contributed by atoms with Gasteiger partial charge in [-0.1, -0.05) is 31.5 Å². The highest BCUT2D eigenvalue weighted by molar-refractivity contribution is 5.96. The van der Waals surface area contributed by atoms with E-state index in [1.165, 1.54) is 10.9 Å². The first-order chi connectivity index (χ1) is 10.3. The lowest BCUT2D eigenvalue weighted by Crippen LogP contribution is -2.03. The van der Waals surface area contributed by atoms with Crippen LogP contribution in [0.4, 0.5) is 5.82 Å². The van der Waals surface area contributed by atoms with Crippen molar-refractivity contribution in [3.8, 4) is 11.3 Å². The van der Waals surface area contributed by atoms with Crippen LogP contribution >= 0.6 is 0 Å². The molecule has 3 rings (SSSR count). The molecule has 4 heteroatoms. The predicted octanol–water partition coefficient (Wildman–Crippen LogP) is 3.69. The van der Waals surface area contributed by atoms with E-state index in [2.05, 4.69) is 45.4 Å². The molecule has 4 nitrogen and oxygen atoms in total. The number of rotatable bonds is 4. The highest BCUT2D eigenvalue weighted by Gasteiger charge is 2.13. The summed E-state index contributed by atoms with van der Waals surface area (Å²) in [4.78, 5) is 13.1. The number of nitrogens with zero attached hydrogens (tertiary/aromatic N) is 3. The minimum Gasteiger partial charge on any atom is -0.373 e. The molecule has 1 aromatic carbocycles. The molecule has 1 N–H and O–H groups in total. The van der Waals surface area contributed by atoms with E-state index in [4.69, 9.17) is 0 Å². The van der Waals surface area contributed by atoms with Crippen molar-refractivity contribution < 1.29 is 0 Å². The first-order valence-corrected chi connectivity index (χ1v) is 7.20. The van der Waals surface area contributed by atoms with Crippen LogP contribution in [0.2, 0.25) is 0 Å². The molecule has 0 saturated heterocycles. The SMILES string of the molecule is CCCc1c(NC)ncnc1-c1cccc2ccncc12. The zero-order valence-corrected chi connectivity index (χ0v) is 12.3. The molecule has 0 amide bonds. The summed E-state index contributed by atoms with van der Waals surface area (Å²) >= 11 is 0. The fourth-order valence-corrected chi connectivity index (χ4v) is 2.67. The number of aromatic nitrogens is 3. The summed E-state index contributed by atoms with van der Waals surface area (Å²) in [5.74, 6) is 0.905. The van der Waals surface area contributed by atoms with Gasteiger partial charge in [0.15, 0.2) is 0 Å². The van der Waals surface area contributed by atoms with E-state index in [9.17, 15) is 0 Å². The fourth-order valence-electron chi connectivity index (χ4n) is 2.67. The van der Waals surface area contributed by atoms with Crippen LogP contribution in [0, 0.1) is 0 Å². The zero-order valence-electron chi connectivity index (χ0n) is 12.3. The molecule has 0 bridgehead atoms. The molecule has 106 valence electrons. The second-order valence-corrected chi connectivity index (χ2v) is 4.95. The third-order valence-electron chi connectivity index (χ3n) is 3.62. The van der Waals surface area contributed by atoms with Crippen LogP contribution in [0.5, 0.6) is 0 Å². The minimum atomic E-state index is 0.905. The molecule has 0 atom stereocenters. The van der Waals surface area contributed by atoms with Gasteiger partial charge in [0.25, 0.3) is 0 Å². The standard InChI is InChI=1S/C17H18N4/c1-3-5-14-16(20-11-21-17(14)18-2)13-7-4-6-12-8-9-19-10-15(12)13/h4,6-11H,3,5H2,1-2H3,(H,18,20,21). The summed E-state index contributed by atoms with van der Waals surface area (Å²) in [7, 11) is 1.90. The number of nitrogens with one attached hydrogen (secondary N) is 1. The molecule has 0 aliphatic heterocycles. The number of fused-ring (bicyclic) bond motifs is 1. The maximum Gasteiger partial charge on any atom is 0.132 e. The van der Waals surface area contributed by atoms with E-state index in [1.807, 2.05) is 25.5 Å². The monoisotopic (exact) mass is 278 g/mol. The van der Waals surface area contributed by atoms with Crippen molar-refractivity contribution in [3.63, 3.8) is 0 Å². The first-order valence-electron chi connectivity index (χ1n) is 7.20. The molecule has 0 fully saturated rings. The highest BCUT2D eigenvalue weighted by atomic mass is 15.0. The molecule has 0 aliphatic rings. The van der Waals surface area contributed by atoms with Crippen LogP contribution in [0.25, 0.3) is 22.0 Å². The summed E-state index contributed by atoms with van der Waals surface area (Å²) in [6.07, 6.45) is 7.34. The Labute approximate surface area is 124 Å². The number of anilines is 1. The van der Waals surface area contributed by atoms with Gasteiger partial charge in [0.05, 0.1) is 5.69 Å². The molecule has 21 heavy (non-hydrogen) atoms. The van der Waals surface area contributed by atoms with Crippen molar-refractivity contribution >= 4 is 16.6 Å². The van der Waals surface area contributed by atoms with Gasteiger partial charge in [0.1, 0.15) is 12.1 Å². The topological polar surface area (TPSA) is 50.7 Å². The van der Waals surface area contributed by atoms with E-state index in [0.29, 0.717) is 0 Å². The molecule has 0 unspecified atom stereocenters. The van der Waals surface area contributed by atoms with Crippen LogP contribution in [-0.4, -0.2) is 22.0 Å². The summed E-state index contributed by atoms with van der Waals surface area (Å²) < 4.78 is 0. The van der Waals surface area contributed by atoms with Crippen LogP contribution in [0.1, 0.15) is 18.9 Å². The largest absolute Gasteiger partial charge is 0.373 e. The lowest BCUT2D eigenvalue weighted by Gasteiger charge is -2.13. The third kappa shape index (κ3) is 2.44. The van der Waals surface area contributed by atoms with E-state index < -0.39 is 0 Å². The molecule has 0 radical (unpaired) electrons. The molecule has 3 aromatic rings. The van der Waals surface area contributed by atoms with Gasteiger partial charge < -0.3 is 5.32 Å². The number of benzene rings is 1. The molecule has 0 aliphatic carbocycles. The first kappa shape index (κ1) is 13.5. The average molecular weight is 278 g/mol. The van der Waals surface area contributed by atoms with Gasteiger partial charge in [-0.2, -0.15) is 0 Å². The Hall–Kier alpha value is -2.49. The summed E-state index contributed by atoms with van der Waals surface area (Å²) in [6, 6.07) is 8.29. The van der Waals surface area contributed by atoms with Crippen molar-refractivity contribution in [2.75, 3.05) is 12.4 Å². The normalized spacial score (nSPS) is 10.8. The Balaban J connectivity index is 2.28. The van der Waals surface area contributed by atoms with Gasteiger partial charge >= 0.3 is 0 Å². The second kappa shape index (κ2) is 5.87. The number of pyridine rings is 1. The van der Waals surface area contributed by atoms with E-state index >= 15 is 0 Å². The van der Waals surface area contributed by atoms with Crippen molar-refractivity contribution in [1.29, 1.82) is 0 Å². The Morgan fingerprint density at radius 3 is 2.86 bits per heavy atom. The van der Waals surface area contributed by atoms with Crippen molar-refractivity contribution in [2.24, 2.45) is 0 Å². The van der Waals surface area contributed by atoms with E-state index in [0.717, 1.165) is 35.3 Å². The van der Waals surface area contributed by atoms with Gasteiger partial charge in [-0.15, -0.1) is 0 Å². The smallest absolute Gasteiger partial charge is 0.132 e. The van der Waals surface area contributed by atoms with Crippen molar-refractivity contribution in [2.45, 2.75) is 19.8 Å². The fraction of sp³-hybridized carbons (Fsp3) is 0.235. The summed E-state index contributed by atoms with van der Waals surface area (Å²) in [5, 5.41) is 5.47. The quantitative estimate of drug-likeness (QED) is 0.791. The third-order valence-corrected chi connectivity index (χ3v) is 3.62. The Kier molecular flexibility index (Phi) is 3.77. The minimum absolute atomic E-state index is 0.905. The maximum absolute atomic E-state index is 4.55. The molecule has 2 heterocycles. The van der Waals surface area contributed by atoms with E-state index in [-0.39, 0.29) is 0 Å². The van der Waals surface area contributed by atoms with Crippen LogP contribution < -0.4 is 5.32 Å². The van der Waals surface area contributed by atoms with Crippen LogP contribution in [0.15, 0.2) is 43.0 Å². The number of hydrogen-bond acceptors (Lipinski definition) is 4. The maximum atomic E-state index is 4.55. The van der Waals surface area contributed by atoms with Crippen molar-refractivity contribution in [1.82, 2.24) is 15.0 Å². The van der Waals surface area contributed by atoms with Gasteiger partial charge in [-0.3, -0.25) is 4.98 Å². The van der Waals surface area contributed by atoms with Gasteiger partial charge in [0, 0.05) is 36.0 Å². The van der Waals surface area contributed by atoms with E-state index in [1.54, 1.807) is 6.33 Å². The summed E-state index contributed by atoms with van der Waals surface area (Å²) in [6.45, 7) is 2.17. The zero-order chi connectivity index (χ0) is 14.7. The lowest BCUT2D eigenvalue weighted by molar-refractivity contribution is 0.906. The Bertz CT molecular complexity index is 762. The molecular formula is C17H18N4. The Morgan fingerprint density at radius 2 is 2.05 bits per heavy atom. The highest BCUT2D eigenvalue weighted by Crippen LogP contribution is 2.31. The number of hydrogen-bond donors (Lipinski definition) is 1. The van der Waals surface area contributed by atoms with Crippen LogP contribution in [-0.2, 0) is 6.42 Å². The van der Waals surface area contributed by atoms with Gasteiger partial charge in [-0.25, -0.2) is 9.97 Å². The lowest BCUT2D eigenvalue weighted by atomic mass is 9.98. The predicted molar refractivity (Wildman–Crippen MR) is 86.3 cm³/mol. The Morgan fingerprint density at radius 1 is 1.14 bits per heavy atom. The molecular weight excluding hydrogens is 260 g/mol. The molecule has 2 aromatic heterocycles. The average Bonchev–Trinajstić information content (AvgIpc) is 2.55. The molecule has 0 saturated carbocycles. The van der Waals surface area contributed by atoms with Gasteiger partial charge in [0.2, 0.25) is 0 Å². The molecule has 0 spiro atoms. The summed E-state index contributed by atoms with van der Waals surface area (Å²) in [5.41, 5.74) is 3.27. The van der Waals surface area contributed by atoms with Gasteiger partial charge in [-0.05, 0) is 17.9 Å². The van der Waals surface area contributed by atoms with Crippen LogP contribution in [0.3, 0.4) is 0 Å².